The van der Waals surface area contributed by atoms with E-state index in [1.807, 2.05) is 35.2 Å². The highest BCUT2D eigenvalue weighted by Gasteiger charge is 2.24. The molecule has 2 heterocycles. The molecule has 0 aliphatic carbocycles. The van der Waals surface area contributed by atoms with Gasteiger partial charge in [-0.2, -0.15) is 0 Å². The van der Waals surface area contributed by atoms with Crippen LogP contribution in [0.15, 0.2) is 52.1 Å². The second-order valence-electron chi connectivity index (χ2n) is 6.22. The van der Waals surface area contributed by atoms with Crippen molar-refractivity contribution < 1.29 is 13.2 Å². The van der Waals surface area contributed by atoms with Crippen molar-refractivity contribution in [3.8, 4) is 0 Å². The number of benzene rings is 1. The first-order chi connectivity index (χ1) is 12.1. The first-order valence-electron chi connectivity index (χ1n) is 8.44. The van der Waals surface area contributed by atoms with E-state index in [4.69, 9.17) is 0 Å². The molecule has 1 fully saturated rings. The predicted molar refractivity (Wildman–Crippen MR) is 99.2 cm³/mol. The Hall–Kier alpha value is -1.70. The number of carbonyl (C=O) groups excluding carboxylic acids is 1. The molecule has 0 saturated carbocycles. The molecule has 0 atom stereocenters. The summed E-state index contributed by atoms with van der Waals surface area (Å²) < 4.78 is 27.2. The van der Waals surface area contributed by atoms with Crippen LogP contribution in [0.3, 0.4) is 0 Å². The van der Waals surface area contributed by atoms with Gasteiger partial charge in [-0.15, -0.1) is 11.3 Å². The summed E-state index contributed by atoms with van der Waals surface area (Å²) in [6.07, 6.45) is 2.64. The minimum absolute atomic E-state index is 0.0810. The molecule has 3 rings (SSSR count). The van der Waals surface area contributed by atoms with Gasteiger partial charge in [0.05, 0.1) is 0 Å². The van der Waals surface area contributed by atoms with E-state index in [9.17, 15) is 13.2 Å². The molecule has 134 valence electrons. The molecule has 1 aromatic carbocycles. The number of hydrogen-bond acceptors (Lipinski definition) is 4. The van der Waals surface area contributed by atoms with Crippen LogP contribution in [0.5, 0.6) is 0 Å². The Balaban J connectivity index is 1.43. The van der Waals surface area contributed by atoms with Crippen molar-refractivity contribution in [3.05, 3.63) is 53.4 Å². The first kappa shape index (κ1) is 18.1. The number of likely N-dealkylation sites (tertiary alicyclic amines) is 1. The number of hydrogen-bond donors (Lipinski definition) is 1. The van der Waals surface area contributed by atoms with Crippen molar-refractivity contribution >= 4 is 27.3 Å². The van der Waals surface area contributed by atoms with E-state index < -0.39 is 10.0 Å². The third-order valence-corrected chi connectivity index (χ3v) is 7.39. The molecule has 7 heteroatoms. The fraction of sp³-hybridized carbons (Fsp3) is 0.389. The van der Waals surface area contributed by atoms with Gasteiger partial charge in [-0.25, -0.2) is 13.1 Å². The molecule has 25 heavy (non-hydrogen) atoms. The minimum Gasteiger partial charge on any atom is -0.339 e. The van der Waals surface area contributed by atoms with Crippen molar-refractivity contribution in [3.63, 3.8) is 0 Å². The summed E-state index contributed by atoms with van der Waals surface area (Å²) in [6.45, 7) is 1.91. The predicted octanol–water partition coefficient (Wildman–Crippen LogP) is 2.97. The maximum absolute atomic E-state index is 12.4. The van der Waals surface area contributed by atoms with E-state index in [0.717, 1.165) is 37.9 Å². The number of nitrogens with zero attached hydrogens (tertiary/aromatic N) is 1. The lowest BCUT2D eigenvalue weighted by Crippen LogP contribution is -2.39. The maximum Gasteiger partial charge on any atom is 0.253 e. The Kier molecular flexibility index (Phi) is 5.88. The topological polar surface area (TPSA) is 66.5 Å². The zero-order valence-electron chi connectivity index (χ0n) is 13.9. The number of amides is 1. The van der Waals surface area contributed by atoms with E-state index >= 15 is 0 Å². The van der Waals surface area contributed by atoms with Gasteiger partial charge in [0.15, 0.2) is 0 Å². The van der Waals surface area contributed by atoms with Gasteiger partial charge in [0, 0.05) is 25.2 Å². The summed E-state index contributed by atoms with van der Waals surface area (Å²) in [5, 5.41) is 1.76. The maximum atomic E-state index is 12.4. The molecule has 0 radical (unpaired) electrons. The largest absolute Gasteiger partial charge is 0.339 e. The van der Waals surface area contributed by atoms with Crippen molar-refractivity contribution in [2.24, 2.45) is 5.92 Å². The molecule has 1 aromatic heterocycles. The Morgan fingerprint density at radius 2 is 1.84 bits per heavy atom. The minimum atomic E-state index is -3.37. The summed E-state index contributed by atoms with van der Waals surface area (Å²) in [6, 6.07) is 12.7. The number of nitrogens with one attached hydrogen (secondary N) is 1. The summed E-state index contributed by atoms with van der Waals surface area (Å²) in [7, 11) is -3.37. The highest BCUT2D eigenvalue weighted by molar-refractivity contribution is 7.91. The Bertz CT molecular complexity index is 781. The number of rotatable bonds is 6. The molecule has 1 aliphatic heterocycles. The fourth-order valence-electron chi connectivity index (χ4n) is 3.07. The molecule has 1 saturated heterocycles. The van der Waals surface area contributed by atoms with E-state index in [1.165, 1.54) is 11.3 Å². The number of carbonyl (C=O) groups is 1. The van der Waals surface area contributed by atoms with Gasteiger partial charge in [-0.1, -0.05) is 24.3 Å². The highest BCUT2D eigenvalue weighted by atomic mass is 32.2. The summed E-state index contributed by atoms with van der Waals surface area (Å²) >= 11 is 1.22. The number of sulfonamides is 1. The second kappa shape index (κ2) is 8.12. The van der Waals surface area contributed by atoms with Crippen LogP contribution in [0.2, 0.25) is 0 Å². The Morgan fingerprint density at radius 1 is 1.12 bits per heavy atom. The molecule has 2 aromatic rings. The monoisotopic (exact) mass is 378 g/mol. The molecule has 1 amide bonds. The second-order valence-corrected chi connectivity index (χ2v) is 9.16. The van der Waals surface area contributed by atoms with Gasteiger partial charge in [0.2, 0.25) is 10.0 Å². The van der Waals surface area contributed by atoms with Crippen LogP contribution in [-0.2, 0) is 10.0 Å². The van der Waals surface area contributed by atoms with Gasteiger partial charge in [0.25, 0.3) is 5.91 Å². The molecule has 5 nitrogen and oxygen atoms in total. The quantitative estimate of drug-likeness (QED) is 0.840. The van der Waals surface area contributed by atoms with Crippen LogP contribution >= 0.6 is 11.3 Å². The number of piperidine rings is 1. The average Bonchev–Trinajstić information content (AvgIpc) is 3.18. The van der Waals surface area contributed by atoms with Crippen molar-refractivity contribution in [1.82, 2.24) is 9.62 Å². The smallest absolute Gasteiger partial charge is 0.253 e. The zero-order valence-corrected chi connectivity index (χ0v) is 15.6. The fourth-order valence-corrected chi connectivity index (χ4v) is 5.16. The summed E-state index contributed by atoms with van der Waals surface area (Å²) in [4.78, 5) is 14.3. The van der Waals surface area contributed by atoms with E-state index in [0.29, 0.717) is 16.7 Å². The zero-order chi connectivity index (χ0) is 17.7. The molecular weight excluding hydrogens is 356 g/mol. The molecule has 0 bridgehead atoms. The molecule has 1 aliphatic rings. The van der Waals surface area contributed by atoms with Gasteiger partial charge in [-0.3, -0.25) is 4.79 Å². The van der Waals surface area contributed by atoms with Crippen LogP contribution in [0, 0.1) is 5.92 Å². The standard InChI is InChI=1S/C18H22N2O3S2/c21-18(16-5-2-1-3-6-16)20-12-9-15(10-13-20)8-11-19-25(22,23)17-7-4-14-24-17/h1-7,14-15,19H,8-13H2. The number of thiophene rings is 1. The third-order valence-electron chi connectivity index (χ3n) is 4.53. The lowest BCUT2D eigenvalue weighted by atomic mass is 9.93. The molecule has 0 spiro atoms. The Labute approximate surface area is 152 Å². The normalized spacial score (nSPS) is 16.1. The third kappa shape index (κ3) is 4.68. The van der Waals surface area contributed by atoms with E-state index in [-0.39, 0.29) is 5.91 Å². The first-order valence-corrected chi connectivity index (χ1v) is 10.8. The molecule has 0 unspecified atom stereocenters. The highest BCUT2D eigenvalue weighted by Crippen LogP contribution is 2.22. The SMILES string of the molecule is O=C(c1ccccc1)N1CCC(CCNS(=O)(=O)c2cccs2)CC1. The van der Waals surface area contributed by atoms with Crippen LogP contribution < -0.4 is 4.72 Å². The van der Waals surface area contributed by atoms with Crippen molar-refractivity contribution in [1.29, 1.82) is 0 Å². The van der Waals surface area contributed by atoms with Crippen LogP contribution in [0.25, 0.3) is 0 Å². The molecular formula is C18H22N2O3S2. The summed E-state index contributed by atoms with van der Waals surface area (Å²) in [5.41, 5.74) is 0.727. The van der Waals surface area contributed by atoms with Crippen molar-refractivity contribution in [2.45, 2.75) is 23.5 Å². The van der Waals surface area contributed by atoms with Crippen molar-refractivity contribution in [2.75, 3.05) is 19.6 Å². The Morgan fingerprint density at radius 3 is 2.48 bits per heavy atom. The van der Waals surface area contributed by atoms with Crippen LogP contribution in [0.1, 0.15) is 29.6 Å². The average molecular weight is 379 g/mol. The van der Waals surface area contributed by atoms with E-state index in [1.54, 1.807) is 17.5 Å². The molecule has 1 N–H and O–H groups in total. The van der Waals surface area contributed by atoms with Gasteiger partial charge in [0.1, 0.15) is 4.21 Å². The van der Waals surface area contributed by atoms with Gasteiger partial charge in [-0.05, 0) is 48.8 Å². The van der Waals surface area contributed by atoms with Gasteiger partial charge >= 0.3 is 0 Å². The lowest BCUT2D eigenvalue weighted by Gasteiger charge is -2.32. The van der Waals surface area contributed by atoms with Crippen LogP contribution in [0.4, 0.5) is 0 Å². The van der Waals surface area contributed by atoms with E-state index in [2.05, 4.69) is 4.72 Å². The lowest BCUT2D eigenvalue weighted by molar-refractivity contribution is 0.0687. The summed E-state index contributed by atoms with van der Waals surface area (Å²) in [5.74, 6) is 0.531. The van der Waals surface area contributed by atoms with Gasteiger partial charge < -0.3 is 4.90 Å². The van der Waals surface area contributed by atoms with Crippen LogP contribution in [-0.4, -0.2) is 38.9 Å².